The number of hydrogen-bond acceptors (Lipinski definition) is 4. The maximum atomic E-state index is 9.80. The number of benzene rings is 1. The van der Waals surface area contributed by atoms with Crippen LogP contribution in [0.15, 0.2) is 18.2 Å². The van der Waals surface area contributed by atoms with Crippen LogP contribution in [0.4, 0.5) is 0 Å². The molecule has 1 rings (SSSR count). The zero-order chi connectivity index (χ0) is 12.1. The van der Waals surface area contributed by atoms with Gasteiger partial charge in [-0.25, -0.2) is 0 Å². The van der Waals surface area contributed by atoms with Crippen molar-refractivity contribution in [1.29, 1.82) is 0 Å². The zero-order valence-electron chi connectivity index (χ0n) is 8.93. The Kier molecular flexibility index (Phi) is 4.86. The molecule has 0 bridgehead atoms. The molecule has 2 atom stereocenters. The van der Waals surface area contributed by atoms with Crippen molar-refractivity contribution in [1.82, 2.24) is 0 Å². The van der Waals surface area contributed by atoms with Crippen molar-refractivity contribution in [2.75, 3.05) is 13.0 Å². The Morgan fingerprint density at radius 1 is 1.38 bits per heavy atom. The minimum atomic E-state index is -1.17. The minimum Gasteiger partial charge on any atom is -0.508 e. The van der Waals surface area contributed by atoms with Gasteiger partial charge >= 0.3 is 0 Å². The van der Waals surface area contributed by atoms with Crippen molar-refractivity contribution in [2.45, 2.75) is 18.6 Å². The Bertz CT molecular complexity index is 343. The number of aromatic hydroxyl groups is 1. The van der Waals surface area contributed by atoms with Gasteiger partial charge < -0.3 is 20.1 Å². The molecule has 90 valence electrons. The fourth-order valence-corrected chi connectivity index (χ4v) is 1.60. The maximum Gasteiger partial charge on any atom is 0.121 e. The first-order valence-corrected chi connectivity index (χ1v) is 5.42. The third kappa shape index (κ3) is 3.01. The summed E-state index contributed by atoms with van der Waals surface area (Å²) in [6.07, 6.45) is -1.93. The summed E-state index contributed by atoms with van der Waals surface area (Å²) >= 11 is 5.47. The number of aliphatic hydroxyl groups is 2. The van der Waals surface area contributed by atoms with E-state index in [9.17, 15) is 15.3 Å². The van der Waals surface area contributed by atoms with Crippen LogP contribution >= 0.6 is 11.6 Å². The molecule has 0 amide bonds. The summed E-state index contributed by atoms with van der Waals surface area (Å²) in [5.41, 5.74) is 0.233. The number of aliphatic hydroxyl groups excluding tert-OH is 2. The highest BCUT2D eigenvalue weighted by Crippen LogP contribution is 2.30. The molecule has 0 aliphatic heterocycles. The number of phenolic OH excluding ortho intramolecular Hbond substituents is 1. The van der Waals surface area contributed by atoms with Crippen LogP contribution in [0.3, 0.4) is 0 Å². The van der Waals surface area contributed by atoms with Crippen molar-refractivity contribution in [3.63, 3.8) is 0 Å². The number of halogens is 1. The molecule has 0 aliphatic carbocycles. The molecule has 1 aromatic rings. The number of ether oxygens (including phenoxy) is 1. The number of methoxy groups -OCH3 is 1. The van der Waals surface area contributed by atoms with Crippen molar-refractivity contribution in [3.05, 3.63) is 23.8 Å². The lowest BCUT2D eigenvalue weighted by molar-refractivity contribution is 0.0156. The van der Waals surface area contributed by atoms with E-state index in [-0.39, 0.29) is 23.6 Å². The van der Waals surface area contributed by atoms with Crippen LogP contribution in [0.2, 0.25) is 0 Å². The van der Waals surface area contributed by atoms with E-state index in [4.69, 9.17) is 16.3 Å². The monoisotopic (exact) mass is 246 g/mol. The summed E-state index contributed by atoms with van der Waals surface area (Å²) in [4.78, 5) is 0. The van der Waals surface area contributed by atoms with Crippen LogP contribution in [-0.4, -0.2) is 34.4 Å². The molecular formula is C11H15ClO4. The second kappa shape index (κ2) is 5.94. The average Bonchev–Trinajstić information content (AvgIpc) is 2.29. The average molecular weight is 247 g/mol. The van der Waals surface area contributed by atoms with Gasteiger partial charge in [0.2, 0.25) is 0 Å². The maximum absolute atomic E-state index is 9.80. The summed E-state index contributed by atoms with van der Waals surface area (Å²) in [5, 5.41) is 28.9. The van der Waals surface area contributed by atoms with Crippen LogP contribution in [0.5, 0.6) is 11.5 Å². The zero-order valence-corrected chi connectivity index (χ0v) is 9.68. The van der Waals surface area contributed by atoms with Gasteiger partial charge in [0.25, 0.3) is 0 Å². The van der Waals surface area contributed by atoms with E-state index in [1.807, 2.05) is 0 Å². The minimum absolute atomic E-state index is 0.0816. The summed E-state index contributed by atoms with van der Waals surface area (Å²) in [6, 6.07) is 4.46. The fourth-order valence-electron chi connectivity index (χ4n) is 1.37. The molecule has 0 saturated carbocycles. The van der Waals surface area contributed by atoms with Crippen LogP contribution in [-0.2, 0) is 0 Å². The molecule has 2 unspecified atom stereocenters. The van der Waals surface area contributed by atoms with E-state index < -0.39 is 12.2 Å². The summed E-state index contributed by atoms with van der Waals surface area (Å²) < 4.78 is 4.97. The molecule has 16 heavy (non-hydrogen) atoms. The SMILES string of the molecule is COc1ccc(O)c(C(O)C(O)CCCl)c1. The van der Waals surface area contributed by atoms with E-state index in [1.54, 1.807) is 6.07 Å². The molecule has 0 heterocycles. The Morgan fingerprint density at radius 2 is 2.06 bits per heavy atom. The molecule has 0 spiro atoms. The lowest BCUT2D eigenvalue weighted by atomic mass is 10.0. The van der Waals surface area contributed by atoms with Gasteiger partial charge in [-0.15, -0.1) is 11.6 Å². The molecule has 0 saturated heterocycles. The topological polar surface area (TPSA) is 69.9 Å². The molecule has 4 nitrogen and oxygen atoms in total. The quantitative estimate of drug-likeness (QED) is 0.688. The Morgan fingerprint density at radius 3 is 2.62 bits per heavy atom. The predicted octanol–water partition coefficient (Wildman–Crippen LogP) is 1.42. The third-order valence-corrected chi connectivity index (χ3v) is 2.54. The smallest absolute Gasteiger partial charge is 0.121 e. The van der Waals surface area contributed by atoms with Gasteiger partial charge in [0.1, 0.15) is 17.6 Å². The highest BCUT2D eigenvalue weighted by Gasteiger charge is 2.21. The van der Waals surface area contributed by atoms with Gasteiger partial charge in [-0.1, -0.05) is 0 Å². The molecule has 5 heteroatoms. The van der Waals surface area contributed by atoms with Crippen molar-refractivity contribution in [3.8, 4) is 11.5 Å². The largest absolute Gasteiger partial charge is 0.508 e. The van der Waals surface area contributed by atoms with Crippen LogP contribution < -0.4 is 4.74 Å². The van der Waals surface area contributed by atoms with Crippen molar-refractivity contribution in [2.24, 2.45) is 0 Å². The van der Waals surface area contributed by atoms with Gasteiger partial charge in [-0.2, -0.15) is 0 Å². The standard InChI is InChI=1S/C11H15ClO4/c1-16-7-2-3-9(13)8(6-7)11(15)10(14)4-5-12/h2-3,6,10-11,13-15H,4-5H2,1H3. The normalized spacial score (nSPS) is 14.5. The third-order valence-electron chi connectivity index (χ3n) is 2.32. The van der Waals surface area contributed by atoms with Gasteiger partial charge in [0.05, 0.1) is 13.2 Å². The Balaban J connectivity index is 2.92. The predicted molar refractivity (Wildman–Crippen MR) is 61.0 cm³/mol. The van der Waals surface area contributed by atoms with E-state index in [0.717, 1.165) is 0 Å². The van der Waals surface area contributed by atoms with E-state index >= 15 is 0 Å². The van der Waals surface area contributed by atoms with Crippen LogP contribution in [0, 0.1) is 0 Å². The highest BCUT2D eigenvalue weighted by molar-refractivity contribution is 6.17. The van der Waals surface area contributed by atoms with E-state index in [2.05, 4.69) is 0 Å². The summed E-state index contributed by atoms with van der Waals surface area (Å²) in [5.74, 6) is 0.662. The number of alkyl halides is 1. The summed E-state index contributed by atoms with van der Waals surface area (Å²) in [7, 11) is 1.48. The Hall–Kier alpha value is -0.970. The van der Waals surface area contributed by atoms with Gasteiger partial charge in [-0.05, 0) is 24.6 Å². The van der Waals surface area contributed by atoms with Crippen LogP contribution in [0.25, 0.3) is 0 Å². The second-order valence-corrected chi connectivity index (χ2v) is 3.79. The van der Waals surface area contributed by atoms with E-state index in [0.29, 0.717) is 5.75 Å². The van der Waals surface area contributed by atoms with Gasteiger partial charge in [-0.3, -0.25) is 0 Å². The molecular weight excluding hydrogens is 232 g/mol. The first kappa shape index (κ1) is 13.1. The van der Waals surface area contributed by atoms with Crippen molar-refractivity contribution >= 4 is 11.6 Å². The first-order valence-electron chi connectivity index (χ1n) is 4.89. The highest BCUT2D eigenvalue weighted by atomic mass is 35.5. The fraction of sp³-hybridized carbons (Fsp3) is 0.455. The van der Waals surface area contributed by atoms with Crippen LogP contribution in [0.1, 0.15) is 18.1 Å². The molecule has 1 aromatic carbocycles. The van der Waals surface area contributed by atoms with Gasteiger partial charge in [0, 0.05) is 11.4 Å². The Labute approximate surface area is 99.1 Å². The lowest BCUT2D eigenvalue weighted by Crippen LogP contribution is -2.18. The molecule has 0 fully saturated rings. The number of hydrogen-bond donors (Lipinski definition) is 3. The number of phenols is 1. The lowest BCUT2D eigenvalue weighted by Gasteiger charge is -2.18. The molecule has 0 radical (unpaired) electrons. The van der Waals surface area contributed by atoms with Crippen molar-refractivity contribution < 1.29 is 20.1 Å². The molecule has 0 aliphatic rings. The van der Waals surface area contributed by atoms with Gasteiger partial charge in [0.15, 0.2) is 0 Å². The number of rotatable bonds is 5. The molecule has 0 aromatic heterocycles. The second-order valence-electron chi connectivity index (χ2n) is 3.41. The first-order chi connectivity index (χ1) is 7.60. The van der Waals surface area contributed by atoms with E-state index in [1.165, 1.54) is 19.2 Å². The molecule has 3 N–H and O–H groups in total. The summed E-state index contributed by atoms with van der Waals surface area (Å²) in [6.45, 7) is 0.